The van der Waals surface area contributed by atoms with E-state index in [9.17, 15) is 10.2 Å². The van der Waals surface area contributed by atoms with Gasteiger partial charge in [0.15, 0.2) is 0 Å². The van der Waals surface area contributed by atoms with Gasteiger partial charge in [0, 0.05) is 32.5 Å². The van der Waals surface area contributed by atoms with Gasteiger partial charge in [0.1, 0.15) is 0 Å². The predicted molar refractivity (Wildman–Crippen MR) is 126 cm³/mol. The van der Waals surface area contributed by atoms with Crippen LogP contribution >= 0.6 is 0 Å². The summed E-state index contributed by atoms with van der Waals surface area (Å²) >= 11 is 0. The van der Waals surface area contributed by atoms with E-state index >= 15 is 0 Å². The molecule has 0 fully saturated rings. The molecule has 33 heavy (non-hydrogen) atoms. The van der Waals surface area contributed by atoms with Crippen LogP contribution in [0.5, 0.6) is 0 Å². The summed E-state index contributed by atoms with van der Waals surface area (Å²) in [7, 11) is 0. The summed E-state index contributed by atoms with van der Waals surface area (Å²) in [6, 6.07) is 12.1. The Hall–Kier alpha value is -2.53. The van der Waals surface area contributed by atoms with Gasteiger partial charge in [0.05, 0.1) is 11.4 Å². The van der Waals surface area contributed by atoms with Crippen molar-refractivity contribution in [3.8, 4) is 0 Å². The smallest absolute Gasteiger partial charge is 0.0691 e. The maximum atomic E-state index is 10.9. The molecule has 6 nitrogen and oxygen atoms in total. The van der Waals surface area contributed by atoms with Gasteiger partial charge in [-0.25, -0.2) is 0 Å². The van der Waals surface area contributed by atoms with E-state index in [-0.39, 0.29) is 43.5 Å². The van der Waals surface area contributed by atoms with E-state index in [0.717, 1.165) is 45.1 Å². The molecule has 0 radical (unpaired) electrons. The monoisotopic (exact) mass is 534 g/mol. The molecule has 182 valence electrons. The second kappa shape index (κ2) is 17.0. The van der Waals surface area contributed by atoms with Crippen molar-refractivity contribution in [3.63, 3.8) is 0 Å². The quantitative estimate of drug-likeness (QED) is 0.309. The minimum Gasteiger partial charge on any atom is -2.00 e. The number of aryl methyl sites for hydroxylation is 4. The molecule has 0 aliphatic heterocycles. The third-order valence-electron chi connectivity index (χ3n) is 4.28. The normalized spacial score (nSPS) is 11.9. The first-order chi connectivity index (χ1) is 14.0. The maximum Gasteiger partial charge on any atom is 0.0691 e. The molecule has 7 heteroatoms. The fraction of sp³-hybridized carbons (Fsp3) is 0.308. The van der Waals surface area contributed by atoms with Gasteiger partial charge in [-0.1, -0.05) is 62.4 Å². The molecule has 2 rings (SSSR count). The summed E-state index contributed by atoms with van der Waals surface area (Å²) in [5.74, 6) is 0.0602. The van der Waals surface area contributed by atoms with Crippen LogP contribution in [0.2, 0.25) is 0 Å². The van der Waals surface area contributed by atoms with Gasteiger partial charge in [-0.3, -0.25) is 9.98 Å². The number of para-hydroxylation sites is 2. The first-order valence-electron chi connectivity index (χ1n) is 9.95. The summed E-state index contributed by atoms with van der Waals surface area (Å²) in [5.41, 5.74) is 7.95. The average Bonchev–Trinajstić information content (AvgIpc) is 2.61. The second-order valence-electron chi connectivity index (χ2n) is 7.50. The molecule has 0 amide bonds. The topological polar surface area (TPSA) is 128 Å². The summed E-state index contributed by atoms with van der Waals surface area (Å²) in [4.78, 5) is 8.88. The van der Waals surface area contributed by atoms with Gasteiger partial charge in [-0.15, -0.1) is 11.5 Å². The van der Waals surface area contributed by atoms with Crippen molar-refractivity contribution in [1.82, 2.24) is 0 Å². The third kappa shape index (κ3) is 12.9. The van der Waals surface area contributed by atoms with Gasteiger partial charge >= 0.3 is 0 Å². The van der Waals surface area contributed by atoms with Crippen LogP contribution in [-0.2, 0) is 32.0 Å². The van der Waals surface area contributed by atoms with Gasteiger partial charge in [0.2, 0.25) is 0 Å². The molecule has 0 N–H and O–H groups in total. The molecule has 0 aliphatic rings. The van der Waals surface area contributed by atoms with Crippen LogP contribution in [-0.4, -0.2) is 11.4 Å². The fourth-order valence-electron chi connectivity index (χ4n) is 2.97. The first kappa shape index (κ1) is 35.1. The van der Waals surface area contributed by atoms with Crippen LogP contribution in [0.4, 0.5) is 11.4 Å². The van der Waals surface area contributed by atoms with Crippen molar-refractivity contribution in [2.75, 3.05) is 0 Å². The summed E-state index contributed by atoms with van der Waals surface area (Å²) in [6.45, 7) is 14.8. The summed E-state index contributed by atoms with van der Waals surface area (Å²) < 4.78 is 0. The van der Waals surface area contributed by atoms with Crippen LogP contribution in [0.3, 0.4) is 0 Å². The second-order valence-corrected chi connectivity index (χ2v) is 7.50. The van der Waals surface area contributed by atoms with Crippen LogP contribution in [0.1, 0.15) is 49.9 Å². The van der Waals surface area contributed by atoms with E-state index in [1.807, 2.05) is 77.9 Å². The molecule has 0 bridgehead atoms. The minimum atomic E-state index is 0. The number of hydrogen-bond donors (Lipinski definition) is 0. The van der Waals surface area contributed by atoms with Gasteiger partial charge < -0.3 is 21.2 Å². The first-order valence-corrected chi connectivity index (χ1v) is 9.95. The zero-order valence-electron chi connectivity index (χ0n) is 20.6. The fourth-order valence-corrected chi connectivity index (χ4v) is 2.97. The molecular formula is C26H32MoN2O4-6. The minimum absolute atomic E-state index is 0. The summed E-state index contributed by atoms with van der Waals surface area (Å²) in [6.07, 6.45) is 3.10. The summed E-state index contributed by atoms with van der Waals surface area (Å²) in [5, 5.41) is 21.8. The van der Waals surface area contributed by atoms with Gasteiger partial charge in [0.25, 0.3) is 0 Å². The number of nitrogens with zero attached hydrogens (tertiary/aromatic N) is 2. The number of aliphatic imine (C=N–C) groups is 2. The Morgan fingerprint density at radius 2 is 0.848 bits per heavy atom. The van der Waals surface area contributed by atoms with E-state index in [2.05, 4.69) is 9.98 Å². The largest absolute Gasteiger partial charge is 2.00 e. The molecule has 0 spiro atoms. The molecule has 0 saturated carbocycles. The number of allylic oxidation sites excluding steroid dienone is 4. The molecule has 0 aromatic heterocycles. The molecule has 0 saturated heterocycles. The number of hydrogen-bond acceptors (Lipinski definition) is 4. The third-order valence-corrected chi connectivity index (χ3v) is 4.28. The Balaban J connectivity index is -0.000000500. The van der Waals surface area contributed by atoms with Crippen molar-refractivity contribution in [2.24, 2.45) is 9.98 Å². The Kier molecular flexibility index (Phi) is 18.1. The Morgan fingerprint density at radius 1 is 0.606 bits per heavy atom. The van der Waals surface area contributed by atoms with Crippen LogP contribution in [0.15, 0.2) is 70.1 Å². The van der Waals surface area contributed by atoms with Crippen molar-refractivity contribution in [1.29, 1.82) is 0 Å². The SMILES string of the molecule is CC(/C=C(/C)[O-])=Nc1c(C)cccc1C.CC(/C=C(/C)[O-])=Nc1c(C)cccc1C.[Mo].[O-2].[O-2]. The Morgan fingerprint density at radius 3 is 1.06 bits per heavy atom. The van der Waals surface area contributed by atoms with Crippen molar-refractivity contribution >= 4 is 22.8 Å². The van der Waals surface area contributed by atoms with Gasteiger partial charge in [-0.05, 0) is 63.8 Å². The van der Waals surface area contributed by atoms with Crippen LogP contribution in [0.25, 0.3) is 0 Å². The van der Waals surface area contributed by atoms with Crippen molar-refractivity contribution in [2.45, 2.75) is 55.4 Å². The number of benzene rings is 2. The molecular weight excluding hydrogens is 500 g/mol. The zero-order chi connectivity index (χ0) is 22.8. The predicted octanol–water partition coefficient (Wildman–Crippen LogP) is 5.08. The van der Waals surface area contributed by atoms with Gasteiger partial charge in [-0.2, -0.15) is 0 Å². The molecule has 0 atom stereocenters. The molecule has 2 aromatic rings. The van der Waals surface area contributed by atoms with E-state index in [0.29, 0.717) is 0 Å². The van der Waals surface area contributed by atoms with E-state index in [1.54, 1.807) is 12.2 Å². The van der Waals surface area contributed by atoms with E-state index in [1.165, 1.54) is 13.8 Å². The molecule has 0 heterocycles. The van der Waals surface area contributed by atoms with Crippen molar-refractivity contribution in [3.05, 3.63) is 82.3 Å². The zero-order valence-corrected chi connectivity index (χ0v) is 22.6. The Labute approximate surface area is 212 Å². The molecule has 2 aromatic carbocycles. The number of rotatable bonds is 4. The maximum absolute atomic E-state index is 10.9. The molecule has 0 unspecified atom stereocenters. The van der Waals surface area contributed by atoms with E-state index in [4.69, 9.17) is 0 Å². The average molecular weight is 532 g/mol. The molecule has 0 aliphatic carbocycles. The van der Waals surface area contributed by atoms with Crippen molar-refractivity contribution < 1.29 is 42.2 Å². The van der Waals surface area contributed by atoms with Crippen LogP contribution < -0.4 is 10.2 Å². The Bertz CT molecular complexity index is 879. The van der Waals surface area contributed by atoms with Crippen LogP contribution in [0, 0.1) is 27.7 Å². The van der Waals surface area contributed by atoms with E-state index < -0.39 is 0 Å². The standard InChI is InChI=1S/2C13H17NO.Mo.2O/c2*1-9-6-5-7-10(2)13(9)14-11(3)8-12(4)15;;;/h2*5-8,15H,1-4H3;;;/q;;;2*-2/p-2/b2*12-8-,14-11?;;;.